The summed E-state index contributed by atoms with van der Waals surface area (Å²) in [6, 6.07) is 16.3. The number of hydrogen-bond donors (Lipinski definition) is 2. The highest BCUT2D eigenvalue weighted by Gasteiger charge is 2.04. The molecular formula is C20H16N6. The number of benzene rings is 2. The fraction of sp³-hybridized carbons (Fsp3) is 0. The molecule has 0 amide bonds. The molecule has 2 heterocycles. The second-order valence-corrected chi connectivity index (χ2v) is 5.81. The lowest BCUT2D eigenvalue weighted by Gasteiger charge is -2.06. The van der Waals surface area contributed by atoms with Gasteiger partial charge in [-0.2, -0.15) is 0 Å². The number of aromatic nitrogens is 4. The molecule has 0 bridgehead atoms. The van der Waals surface area contributed by atoms with Crippen molar-refractivity contribution in [2.75, 3.05) is 11.5 Å². The van der Waals surface area contributed by atoms with Crippen LogP contribution in [0.2, 0.25) is 0 Å². The minimum absolute atomic E-state index is 0.413. The molecule has 0 spiro atoms. The van der Waals surface area contributed by atoms with E-state index in [0.29, 0.717) is 11.6 Å². The average molecular weight is 340 g/mol. The second-order valence-electron chi connectivity index (χ2n) is 5.81. The molecule has 0 unspecified atom stereocenters. The van der Waals surface area contributed by atoms with Crippen molar-refractivity contribution in [3.05, 3.63) is 73.3 Å². The molecule has 26 heavy (non-hydrogen) atoms. The van der Waals surface area contributed by atoms with Crippen LogP contribution in [-0.2, 0) is 0 Å². The number of anilines is 2. The zero-order chi connectivity index (χ0) is 17.9. The van der Waals surface area contributed by atoms with Gasteiger partial charge in [0.15, 0.2) is 0 Å². The van der Waals surface area contributed by atoms with Crippen molar-refractivity contribution in [1.82, 2.24) is 19.9 Å². The lowest BCUT2D eigenvalue weighted by molar-refractivity contribution is 1.21. The van der Waals surface area contributed by atoms with Gasteiger partial charge < -0.3 is 11.5 Å². The molecule has 4 rings (SSSR count). The summed E-state index contributed by atoms with van der Waals surface area (Å²) < 4.78 is 0. The highest BCUT2D eigenvalue weighted by atomic mass is 14.9. The molecule has 0 aliphatic heterocycles. The van der Waals surface area contributed by atoms with Crippen molar-refractivity contribution < 1.29 is 0 Å². The van der Waals surface area contributed by atoms with Crippen molar-refractivity contribution in [2.45, 2.75) is 0 Å². The Labute approximate surface area is 150 Å². The first-order valence-electron chi connectivity index (χ1n) is 8.05. The lowest BCUT2D eigenvalue weighted by Crippen LogP contribution is -1.92. The minimum Gasteiger partial charge on any atom is -0.382 e. The molecule has 2 aromatic heterocycles. The van der Waals surface area contributed by atoms with Crippen molar-refractivity contribution in [2.24, 2.45) is 0 Å². The van der Waals surface area contributed by atoms with E-state index in [2.05, 4.69) is 44.2 Å². The van der Waals surface area contributed by atoms with Crippen LogP contribution in [0.25, 0.3) is 33.6 Å². The molecule has 0 saturated carbocycles. The van der Waals surface area contributed by atoms with Gasteiger partial charge in [0, 0.05) is 11.1 Å². The molecule has 0 aliphatic carbocycles. The van der Waals surface area contributed by atoms with Crippen LogP contribution in [-0.4, -0.2) is 19.9 Å². The van der Waals surface area contributed by atoms with E-state index in [1.165, 1.54) is 0 Å². The van der Waals surface area contributed by atoms with E-state index >= 15 is 0 Å². The van der Waals surface area contributed by atoms with E-state index in [1.807, 2.05) is 24.3 Å². The van der Waals surface area contributed by atoms with Crippen LogP contribution in [0, 0.1) is 0 Å². The Hall–Kier alpha value is -3.80. The molecule has 2 aromatic carbocycles. The van der Waals surface area contributed by atoms with Crippen LogP contribution < -0.4 is 11.5 Å². The van der Waals surface area contributed by atoms with Gasteiger partial charge in [0.05, 0.1) is 36.2 Å². The zero-order valence-electron chi connectivity index (χ0n) is 13.9. The first-order valence-corrected chi connectivity index (χ1v) is 8.05. The number of nitrogens with zero attached hydrogens (tertiary/aromatic N) is 4. The van der Waals surface area contributed by atoms with Gasteiger partial charge in [-0.1, -0.05) is 48.5 Å². The summed E-state index contributed by atoms with van der Waals surface area (Å²) in [5.74, 6) is 0.826. The summed E-state index contributed by atoms with van der Waals surface area (Å²) in [5, 5.41) is 0. The summed E-state index contributed by atoms with van der Waals surface area (Å²) >= 11 is 0. The monoisotopic (exact) mass is 340 g/mol. The van der Waals surface area contributed by atoms with E-state index < -0.39 is 0 Å². The summed E-state index contributed by atoms with van der Waals surface area (Å²) in [7, 11) is 0. The summed E-state index contributed by atoms with van der Waals surface area (Å²) in [6.45, 7) is 0. The second kappa shape index (κ2) is 6.60. The van der Waals surface area contributed by atoms with Crippen molar-refractivity contribution >= 4 is 11.6 Å². The molecule has 126 valence electrons. The number of hydrogen-bond acceptors (Lipinski definition) is 6. The lowest BCUT2D eigenvalue weighted by atomic mass is 10.0. The van der Waals surface area contributed by atoms with Crippen molar-refractivity contribution in [1.29, 1.82) is 0 Å². The van der Waals surface area contributed by atoms with Gasteiger partial charge in [0.25, 0.3) is 0 Å². The van der Waals surface area contributed by atoms with Crippen LogP contribution in [0.5, 0.6) is 0 Å². The van der Waals surface area contributed by atoms with Gasteiger partial charge in [-0.25, -0.2) is 9.97 Å². The maximum atomic E-state index is 5.58. The Morgan fingerprint density at radius 2 is 0.769 bits per heavy atom. The highest BCUT2D eigenvalue weighted by molar-refractivity contribution is 5.71. The van der Waals surface area contributed by atoms with Gasteiger partial charge in [-0.15, -0.1) is 0 Å². The van der Waals surface area contributed by atoms with Crippen molar-refractivity contribution in [3.63, 3.8) is 0 Å². The van der Waals surface area contributed by atoms with Crippen LogP contribution in [0.1, 0.15) is 0 Å². The van der Waals surface area contributed by atoms with E-state index in [9.17, 15) is 0 Å². The Kier molecular flexibility index (Phi) is 3.99. The first-order chi connectivity index (χ1) is 12.7. The van der Waals surface area contributed by atoms with E-state index in [-0.39, 0.29) is 0 Å². The highest BCUT2D eigenvalue weighted by Crippen LogP contribution is 2.26. The number of nitrogen functional groups attached to an aromatic ring is 2. The van der Waals surface area contributed by atoms with Gasteiger partial charge in [-0.3, -0.25) is 9.97 Å². The molecule has 0 atom stereocenters. The first kappa shape index (κ1) is 15.7. The van der Waals surface area contributed by atoms with Crippen LogP contribution in [0.4, 0.5) is 11.6 Å². The standard InChI is InChI=1S/C20H16N6/c21-19-11-23-17(9-25-19)15-5-1-13(2-6-15)14-3-7-16(8-4-14)18-10-26-20(22)12-24-18/h1-12H,(H2,21,25)(H2,22,26). The normalized spacial score (nSPS) is 10.6. The zero-order valence-corrected chi connectivity index (χ0v) is 13.9. The quantitative estimate of drug-likeness (QED) is 0.592. The smallest absolute Gasteiger partial charge is 0.141 e. The molecule has 0 aliphatic rings. The van der Waals surface area contributed by atoms with Gasteiger partial charge in [-0.05, 0) is 11.1 Å². The van der Waals surface area contributed by atoms with Gasteiger partial charge >= 0.3 is 0 Å². The Balaban J connectivity index is 1.57. The van der Waals surface area contributed by atoms with E-state index in [1.54, 1.807) is 24.8 Å². The largest absolute Gasteiger partial charge is 0.382 e. The third kappa shape index (κ3) is 3.21. The molecular weight excluding hydrogens is 324 g/mol. The Morgan fingerprint density at radius 1 is 0.423 bits per heavy atom. The van der Waals surface area contributed by atoms with Gasteiger partial charge in [0.2, 0.25) is 0 Å². The summed E-state index contributed by atoms with van der Waals surface area (Å²) in [5.41, 5.74) is 17.0. The molecule has 4 aromatic rings. The van der Waals surface area contributed by atoms with Crippen LogP contribution in [0.3, 0.4) is 0 Å². The Bertz CT molecular complexity index is 921. The Morgan fingerprint density at radius 3 is 1.08 bits per heavy atom. The summed E-state index contributed by atoms with van der Waals surface area (Å²) in [6.07, 6.45) is 6.46. The van der Waals surface area contributed by atoms with Crippen LogP contribution in [0.15, 0.2) is 73.3 Å². The molecule has 0 fully saturated rings. The molecule has 0 radical (unpaired) electrons. The molecule has 6 heteroatoms. The minimum atomic E-state index is 0.413. The molecule has 6 nitrogen and oxygen atoms in total. The predicted octanol–water partition coefficient (Wildman–Crippen LogP) is 3.43. The van der Waals surface area contributed by atoms with Crippen molar-refractivity contribution in [3.8, 4) is 33.6 Å². The number of nitrogens with two attached hydrogens (primary N) is 2. The van der Waals surface area contributed by atoms with Crippen LogP contribution >= 0.6 is 0 Å². The third-order valence-electron chi connectivity index (χ3n) is 4.04. The van der Waals surface area contributed by atoms with E-state index in [4.69, 9.17) is 11.5 Å². The van der Waals surface area contributed by atoms with E-state index in [0.717, 1.165) is 33.6 Å². The number of rotatable bonds is 3. The maximum Gasteiger partial charge on any atom is 0.141 e. The fourth-order valence-electron chi connectivity index (χ4n) is 2.64. The summed E-state index contributed by atoms with van der Waals surface area (Å²) in [4.78, 5) is 16.7. The molecule has 0 saturated heterocycles. The van der Waals surface area contributed by atoms with Gasteiger partial charge in [0.1, 0.15) is 11.6 Å². The fourth-order valence-corrected chi connectivity index (χ4v) is 2.64. The predicted molar refractivity (Wildman–Crippen MR) is 103 cm³/mol. The third-order valence-corrected chi connectivity index (χ3v) is 4.04. The molecule has 4 N–H and O–H groups in total. The maximum absolute atomic E-state index is 5.58. The topological polar surface area (TPSA) is 104 Å². The SMILES string of the molecule is Nc1cnc(-c2ccc(-c3ccc(-c4cnc(N)cn4)cc3)cc2)cn1. The average Bonchev–Trinajstić information content (AvgIpc) is 2.70.